The number of nitrogens with one attached hydrogen (secondary N) is 1. The third-order valence-electron chi connectivity index (χ3n) is 3.05. The molecule has 0 amide bonds. The third kappa shape index (κ3) is 3.84. The maximum Gasteiger partial charge on any atom is 0.144 e. The largest absolute Gasteiger partial charge is 0.491 e. The lowest BCUT2D eigenvalue weighted by Gasteiger charge is -2.11. The highest BCUT2D eigenvalue weighted by Gasteiger charge is 2.20. The van der Waals surface area contributed by atoms with Gasteiger partial charge < -0.3 is 15.8 Å². The lowest BCUT2D eigenvalue weighted by molar-refractivity contribution is 0.319. The van der Waals surface area contributed by atoms with Gasteiger partial charge in [0.1, 0.15) is 5.75 Å². The highest BCUT2D eigenvalue weighted by Crippen LogP contribution is 2.32. The molecule has 0 saturated heterocycles. The molecule has 94 valence electrons. The fourth-order valence-electron chi connectivity index (χ4n) is 1.81. The number of rotatable bonds is 7. The highest BCUT2D eigenvalue weighted by molar-refractivity contribution is 5.61. The molecule has 1 aliphatic carbocycles. The van der Waals surface area contributed by atoms with Gasteiger partial charge in [-0.05, 0) is 30.9 Å². The summed E-state index contributed by atoms with van der Waals surface area (Å²) in [5.74, 6) is 1.76. The maximum atomic E-state index is 5.86. The number of ether oxygens (including phenoxy) is 1. The second kappa shape index (κ2) is 5.80. The predicted molar refractivity (Wildman–Crippen MR) is 72.5 cm³/mol. The zero-order valence-corrected chi connectivity index (χ0v) is 10.5. The van der Waals surface area contributed by atoms with E-state index in [1.54, 1.807) is 0 Å². The van der Waals surface area contributed by atoms with Crippen LogP contribution in [0.15, 0.2) is 18.2 Å². The molecule has 1 aromatic rings. The molecular formula is C14H22N2O. The first-order chi connectivity index (χ1) is 8.29. The summed E-state index contributed by atoms with van der Waals surface area (Å²) in [6.07, 6.45) is 5.09. The van der Waals surface area contributed by atoms with E-state index in [9.17, 15) is 0 Å². The van der Waals surface area contributed by atoms with Gasteiger partial charge >= 0.3 is 0 Å². The number of hydrogen-bond acceptors (Lipinski definition) is 3. The highest BCUT2D eigenvalue weighted by atomic mass is 16.5. The Morgan fingerprint density at radius 2 is 2.24 bits per heavy atom. The van der Waals surface area contributed by atoms with E-state index < -0.39 is 0 Å². The van der Waals surface area contributed by atoms with Gasteiger partial charge in [-0.2, -0.15) is 0 Å². The molecular weight excluding hydrogens is 212 g/mol. The van der Waals surface area contributed by atoms with Gasteiger partial charge in [0.2, 0.25) is 0 Å². The summed E-state index contributed by atoms with van der Waals surface area (Å²) < 4.78 is 5.60. The molecule has 1 saturated carbocycles. The molecule has 17 heavy (non-hydrogen) atoms. The molecule has 1 fully saturated rings. The molecule has 0 aromatic heterocycles. The van der Waals surface area contributed by atoms with Crippen LogP contribution in [0.3, 0.4) is 0 Å². The SMILES string of the molecule is CCCOc1cc(NCCC2CC2)ccc1N. The van der Waals surface area contributed by atoms with E-state index in [1.165, 1.54) is 19.3 Å². The van der Waals surface area contributed by atoms with E-state index in [-0.39, 0.29) is 0 Å². The molecule has 0 radical (unpaired) electrons. The Labute approximate surface area is 103 Å². The van der Waals surface area contributed by atoms with E-state index in [4.69, 9.17) is 10.5 Å². The lowest BCUT2D eigenvalue weighted by atomic mass is 10.2. The Kier molecular flexibility index (Phi) is 4.13. The average Bonchev–Trinajstić information content (AvgIpc) is 3.13. The molecule has 0 spiro atoms. The number of anilines is 2. The Morgan fingerprint density at radius 3 is 2.94 bits per heavy atom. The summed E-state index contributed by atoms with van der Waals surface area (Å²) in [5, 5.41) is 3.42. The van der Waals surface area contributed by atoms with Crippen LogP contribution in [-0.2, 0) is 0 Å². The molecule has 2 rings (SSSR count). The van der Waals surface area contributed by atoms with Crippen molar-refractivity contribution >= 4 is 11.4 Å². The molecule has 3 nitrogen and oxygen atoms in total. The fraction of sp³-hybridized carbons (Fsp3) is 0.571. The number of nitrogens with two attached hydrogens (primary N) is 1. The van der Waals surface area contributed by atoms with Crippen molar-refractivity contribution in [2.45, 2.75) is 32.6 Å². The molecule has 1 aromatic carbocycles. The summed E-state index contributed by atoms with van der Waals surface area (Å²) in [6.45, 7) is 3.85. The standard InChI is InChI=1S/C14H22N2O/c1-2-9-17-14-10-12(5-6-13(14)15)16-8-7-11-3-4-11/h5-6,10-11,16H,2-4,7-9,15H2,1H3. The van der Waals surface area contributed by atoms with Crippen LogP contribution in [0.1, 0.15) is 32.6 Å². The Hall–Kier alpha value is -1.38. The predicted octanol–water partition coefficient (Wildman–Crippen LogP) is 3.27. The van der Waals surface area contributed by atoms with Gasteiger partial charge in [-0.15, -0.1) is 0 Å². The minimum absolute atomic E-state index is 0.714. The van der Waals surface area contributed by atoms with E-state index in [2.05, 4.69) is 12.2 Å². The van der Waals surface area contributed by atoms with E-state index in [1.807, 2.05) is 18.2 Å². The van der Waals surface area contributed by atoms with Crippen LogP contribution in [0, 0.1) is 5.92 Å². The Morgan fingerprint density at radius 1 is 1.41 bits per heavy atom. The first kappa shape index (κ1) is 12.1. The van der Waals surface area contributed by atoms with Gasteiger partial charge in [-0.3, -0.25) is 0 Å². The molecule has 0 atom stereocenters. The van der Waals surface area contributed by atoms with Crippen LogP contribution in [0.4, 0.5) is 11.4 Å². The van der Waals surface area contributed by atoms with Gasteiger partial charge in [-0.25, -0.2) is 0 Å². The quantitative estimate of drug-likeness (QED) is 0.712. The third-order valence-corrected chi connectivity index (χ3v) is 3.05. The molecule has 0 heterocycles. The van der Waals surface area contributed by atoms with Gasteiger partial charge in [0.05, 0.1) is 12.3 Å². The number of nitrogen functional groups attached to an aromatic ring is 1. The van der Waals surface area contributed by atoms with Gasteiger partial charge in [0.15, 0.2) is 0 Å². The summed E-state index contributed by atoms with van der Waals surface area (Å²) in [6, 6.07) is 5.92. The smallest absolute Gasteiger partial charge is 0.144 e. The van der Waals surface area contributed by atoms with Gasteiger partial charge in [0.25, 0.3) is 0 Å². The minimum Gasteiger partial charge on any atom is -0.491 e. The monoisotopic (exact) mass is 234 g/mol. The molecule has 1 aliphatic rings. The Bertz CT molecular complexity index is 361. The van der Waals surface area contributed by atoms with E-state index in [0.29, 0.717) is 5.69 Å². The second-order valence-electron chi connectivity index (χ2n) is 4.76. The molecule has 3 heteroatoms. The molecule has 0 bridgehead atoms. The van der Waals surface area contributed by atoms with Crippen LogP contribution >= 0.6 is 0 Å². The summed E-state index contributed by atoms with van der Waals surface area (Å²) in [5.41, 5.74) is 7.68. The molecule has 3 N–H and O–H groups in total. The second-order valence-corrected chi connectivity index (χ2v) is 4.76. The average molecular weight is 234 g/mol. The lowest BCUT2D eigenvalue weighted by Crippen LogP contribution is -2.04. The van der Waals surface area contributed by atoms with Gasteiger partial charge in [-0.1, -0.05) is 19.8 Å². The van der Waals surface area contributed by atoms with Gasteiger partial charge in [0, 0.05) is 18.3 Å². The van der Waals surface area contributed by atoms with Crippen molar-refractivity contribution in [2.24, 2.45) is 5.92 Å². The van der Waals surface area contributed by atoms with E-state index >= 15 is 0 Å². The van der Waals surface area contributed by atoms with Crippen molar-refractivity contribution in [1.82, 2.24) is 0 Å². The van der Waals surface area contributed by atoms with Crippen LogP contribution < -0.4 is 15.8 Å². The minimum atomic E-state index is 0.714. The maximum absolute atomic E-state index is 5.86. The van der Waals surface area contributed by atoms with Crippen LogP contribution in [-0.4, -0.2) is 13.2 Å². The number of hydrogen-bond donors (Lipinski definition) is 2. The molecule has 0 aliphatic heterocycles. The van der Waals surface area contributed by atoms with Crippen LogP contribution in [0.25, 0.3) is 0 Å². The summed E-state index contributed by atoms with van der Waals surface area (Å²) in [7, 11) is 0. The topological polar surface area (TPSA) is 47.3 Å². The van der Waals surface area contributed by atoms with Crippen molar-refractivity contribution < 1.29 is 4.74 Å². The zero-order valence-electron chi connectivity index (χ0n) is 10.5. The summed E-state index contributed by atoms with van der Waals surface area (Å²) >= 11 is 0. The fourth-order valence-corrected chi connectivity index (χ4v) is 1.81. The van der Waals surface area contributed by atoms with Crippen molar-refractivity contribution in [3.63, 3.8) is 0 Å². The van der Waals surface area contributed by atoms with Crippen molar-refractivity contribution in [3.05, 3.63) is 18.2 Å². The Balaban J connectivity index is 1.87. The summed E-state index contributed by atoms with van der Waals surface area (Å²) in [4.78, 5) is 0. The first-order valence-electron chi connectivity index (χ1n) is 6.55. The first-order valence-corrected chi connectivity index (χ1v) is 6.55. The van der Waals surface area contributed by atoms with Crippen LogP contribution in [0.2, 0.25) is 0 Å². The molecule has 0 unspecified atom stereocenters. The van der Waals surface area contributed by atoms with Crippen molar-refractivity contribution in [1.29, 1.82) is 0 Å². The number of benzene rings is 1. The zero-order chi connectivity index (χ0) is 12.1. The van der Waals surface area contributed by atoms with E-state index in [0.717, 1.165) is 36.9 Å². The van der Waals surface area contributed by atoms with Crippen molar-refractivity contribution in [2.75, 3.05) is 24.2 Å². The van der Waals surface area contributed by atoms with Crippen molar-refractivity contribution in [3.8, 4) is 5.75 Å². The normalized spacial score (nSPS) is 14.6. The van der Waals surface area contributed by atoms with Crippen LogP contribution in [0.5, 0.6) is 5.75 Å².